The maximum atomic E-state index is 11.8. The van der Waals surface area contributed by atoms with Crippen LogP contribution < -0.4 is 11.2 Å². The number of nitrogens with two attached hydrogens (primary N) is 1. The Hall–Kier alpha value is -2.40. The van der Waals surface area contributed by atoms with E-state index < -0.39 is 0 Å². The van der Waals surface area contributed by atoms with Gasteiger partial charge in [-0.15, -0.1) is 16.6 Å². The van der Waals surface area contributed by atoms with Crippen LogP contribution in [0.25, 0.3) is 11.4 Å². The Balaban J connectivity index is 2.13. The van der Waals surface area contributed by atoms with Gasteiger partial charge in [-0.2, -0.15) is 0 Å². The average Bonchev–Trinajstić information content (AvgIpc) is 3.03. The molecule has 8 heteroatoms. The van der Waals surface area contributed by atoms with Gasteiger partial charge in [0.2, 0.25) is 11.1 Å². The number of carbonyl (C=O) groups is 1. The summed E-state index contributed by atoms with van der Waals surface area (Å²) in [5.41, 5.74) is 0.765. The first-order chi connectivity index (χ1) is 10.0. The second-order valence-electron chi connectivity index (χ2n) is 4.25. The number of terminal acetylenes is 1. The average molecular weight is 305 g/mol. The van der Waals surface area contributed by atoms with E-state index in [4.69, 9.17) is 16.7 Å². The molecule has 0 aliphatic carbocycles. The number of amides is 1. The zero-order valence-electron chi connectivity index (χ0n) is 11.7. The molecule has 1 unspecified atom stereocenters. The Morgan fingerprint density at radius 2 is 2.43 bits per heavy atom. The molecule has 0 aliphatic rings. The minimum absolute atomic E-state index is 0.179. The van der Waals surface area contributed by atoms with Crippen LogP contribution in [0.5, 0.6) is 0 Å². The third-order valence-corrected chi connectivity index (χ3v) is 3.84. The van der Waals surface area contributed by atoms with Gasteiger partial charge in [-0.3, -0.25) is 4.79 Å². The predicted octanol–water partition coefficient (Wildman–Crippen LogP) is 0.790. The van der Waals surface area contributed by atoms with Crippen molar-refractivity contribution in [3.8, 4) is 23.7 Å². The number of nitrogens with zero attached hydrogens (tertiary/aromatic N) is 3. The van der Waals surface area contributed by atoms with E-state index in [-0.39, 0.29) is 17.7 Å². The number of nitrogen functional groups attached to an aromatic ring is 1. The standard InChI is InChI=1S/C13H15N5O2S/c1-4-6-15-12(19)9(3)21-13-17-16-11(18(13)14)10-5-7-20-8(10)2/h1,5,7,9H,6,14H2,2-3H3,(H,15,19). The lowest BCUT2D eigenvalue weighted by atomic mass is 10.2. The molecule has 0 spiro atoms. The lowest BCUT2D eigenvalue weighted by molar-refractivity contribution is -0.120. The Morgan fingerprint density at radius 3 is 3.05 bits per heavy atom. The third kappa shape index (κ3) is 3.20. The molecule has 1 atom stereocenters. The molecule has 2 heterocycles. The molecule has 0 aromatic carbocycles. The van der Waals surface area contributed by atoms with Crippen molar-refractivity contribution < 1.29 is 9.21 Å². The van der Waals surface area contributed by atoms with Crippen molar-refractivity contribution in [3.05, 3.63) is 18.1 Å². The van der Waals surface area contributed by atoms with E-state index in [0.29, 0.717) is 16.7 Å². The monoisotopic (exact) mass is 305 g/mol. The lowest BCUT2D eigenvalue weighted by Gasteiger charge is -2.09. The summed E-state index contributed by atoms with van der Waals surface area (Å²) in [5, 5.41) is 10.7. The van der Waals surface area contributed by atoms with Crippen molar-refractivity contribution in [1.29, 1.82) is 0 Å². The first-order valence-electron chi connectivity index (χ1n) is 6.17. The zero-order valence-corrected chi connectivity index (χ0v) is 12.5. The quantitative estimate of drug-likeness (QED) is 0.481. The fraction of sp³-hybridized carbons (Fsp3) is 0.308. The minimum Gasteiger partial charge on any atom is -0.469 e. The number of nitrogens with one attached hydrogen (secondary N) is 1. The van der Waals surface area contributed by atoms with Gasteiger partial charge >= 0.3 is 0 Å². The van der Waals surface area contributed by atoms with Gasteiger partial charge in [0, 0.05) is 0 Å². The summed E-state index contributed by atoms with van der Waals surface area (Å²) in [6.07, 6.45) is 6.66. The van der Waals surface area contributed by atoms with E-state index in [1.165, 1.54) is 16.4 Å². The van der Waals surface area contributed by atoms with Crippen LogP contribution in [0.15, 0.2) is 21.9 Å². The number of rotatable bonds is 5. The Kier molecular flexibility index (Phi) is 4.55. The summed E-state index contributed by atoms with van der Waals surface area (Å²) >= 11 is 1.21. The molecule has 0 saturated heterocycles. The molecular weight excluding hydrogens is 290 g/mol. The molecule has 3 N–H and O–H groups in total. The van der Waals surface area contributed by atoms with E-state index in [0.717, 1.165) is 5.56 Å². The zero-order chi connectivity index (χ0) is 15.4. The van der Waals surface area contributed by atoms with Crippen LogP contribution in [0.4, 0.5) is 0 Å². The summed E-state index contributed by atoms with van der Waals surface area (Å²) < 4.78 is 6.56. The van der Waals surface area contributed by atoms with Gasteiger partial charge in [-0.25, -0.2) is 4.68 Å². The lowest BCUT2D eigenvalue weighted by Crippen LogP contribution is -2.31. The summed E-state index contributed by atoms with van der Waals surface area (Å²) in [5.74, 6) is 9.33. The molecule has 0 fully saturated rings. The maximum absolute atomic E-state index is 11.8. The molecule has 2 aromatic heterocycles. The molecule has 21 heavy (non-hydrogen) atoms. The highest BCUT2D eigenvalue weighted by Gasteiger charge is 2.20. The molecule has 0 bridgehead atoms. The fourth-order valence-electron chi connectivity index (χ4n) is 1.65. The van der Waals surface area contributed by atoms with Gasteiger partial charge < -0.3 is 15.6 Å². The number of thioether (sulfide) groups is 1. The number of hydrogen-bond acceptors (Lipinski definition) is 6. The third-order valence-electron chi connectivity index (χ3n) is 2.78. The predicted molar refractivity (Wildman–Crippen MR) is 79.8 cm³/mol. The second kappa shape index (κ2) is 6.37. The fourth-order valence-corrected chi connectivity index (χ4v) is 2.45. The number of aromatic nitrogens is 3. The maximum Gasteiger partial charge on any atom is 0.234 e. The van der Waals surface area contributed by atoms with Crippen LogP contribution >= 0.6 is 11.8 Å². The van der Waals surface area contributed by atoms with Gasteiger partial charge in [0.25, 0.3) is 0 Å². The highest BCUT2D eigenvalue weighted by atomic mass is 32.2. The summed E-state index contributed by atoms with van der Waals surface area (Å²) in [6.45, 7) is 3.75. The number of aryl methyl sites for hydroxylation is 1. The SMILES string of the molecule is C#CCNC(=O)C(C)Sc1nnc(-c2ccoc2C)n1N. The molecule has 2 rings (SSSR count). The molecule has 0 aliphatic heterocycles. The van der Waals surface area contributed by atoms with Crippen molar-refractivity contribution in [2.24, 2.45) is 0 Å². The minimum atomic E-state index is -0.386. The molecule has 110 valence electrons. The van der Waals surface area contributed by atoms with Crippen LogP contribution in [0.1, 0.15) is 12.7 Å². The molecule has 0 radical (unpaired) electrons. The van der Waals surface area contributed by atoms with Gasteiger partial charge in [-0.05, 0) is 19.9 Å². The first kappa shape index (κ1) is 15.0. The van der Waals surface area contributed by atoms with Gasteiger partial charge in [0.1, 0.15) is 5.76 Å². The number of furan rings is 1. The van der Waals surface area contributed by atoms with Gasteiger partial charge in [0.15, 0.2) is 5.82 Å². The van der Waals surface area contributed by atoms with Gasteiger partial charge in [0.05, 0.1) is 23.6 Å². The second-order valence-corrected chi connectivity index (χ2v) is 5.56. The van der Waals surface area contributed by atoms with Crippen molar-refractivity contribution in [2.75, 3.05) is 12.4 Å². The topological polar surface area (TPSA) is 99.0 Å². The molecule has 2 aromatic rings. The van der Waals surface area contributed by atoms with E-state index in [1.807, 2.05) is 6.92 Å². The van der Waals surface area contributed by atoms with E-state index in [1.54, 1.807) is 19.3 Å². The van der Waals surface area contributed by atoms with E-state index in [9.17, 15) is 4.79 Å². The largest absolute Gasteiger partial charge is 0.469 e. The molecular formula is C13H15N5O2S. The van der Waals surface area contributed by atoms with E-state index in [2.05, 4.69) is 21.4 Å². The smallest absolute Gasteiger partial charge is 0.234 e. The molecule has 0 saturated carbocycles. The van der Waals surface area contributed by atoms with Gasteiger partial charge in [-0.1, -0.05) is 17.7 Å². The molecule has 1 amide bonds. The van der Waals surface area contributed by atoms with Crippen molar-refractivity contribution >= 4 is 17.7 Å². The Labute approximate surface area is 126 Å². The number of hydrogen-bond donors (Lipinski definition) is 2. The van der Waals surface area contributed by atoms with Crippen molar-refractivity contribution in [2.45, 2.75) is 24.3 Å². The molecule has 7 nitrogen and oxygen atoms in total. The summed E-state index contributed by atoms with van der Waals surface area (Å²) in [7, 11) is 0. The van der Waals surface area contributed by atoms with E-state index >= 15 is 0 Å². The highest BCUT2D eigenvalue weighted by molar-refractivity contribution is 8.00. The Morgan fingerprint density at radius 1 is 1.67 bits per heavy atom. The first-order valence-corrected chi connectivity index (χ1v) is 7.05. The van der Waals surface area contributed by atoms with Crippen molar-refractivity contribution in [3.63, 3.8) is 0 Å². The van der Waals surface area contributed by atoms with Crippen LogP contribution in [-0.2, 0) is 4.79 Å². The van der Waals surface area contributed by atoms with Crippen LogP contribution in [0, 0.1) is 19.3 Å². The van der Waals surface area contributed by atoms with Crippen LogP contribution in [0.3, 0.4) is 0 Å². The Bertz CT molecular complexity index is 685. The van der Waals surface area contributed by atoms with Crippen LogP contribution in [-0.4, -0.2) is 32.6 Å². The van der Waals surface area contributed by atoms with Crippen molar-refractivity contribution in [1.82, 2.24) is 20.2 Å². The summed E-state index contributed by atoms with van der Waals surface area (Å²) in [4.78, 5) is 11.8. The normalized spacial score (nSPS) is 11.9. The summed E-state index contributed by atoms with van der Waals surface area (Å²) in [6, 6.07) is 1.76. The number of carbonyl (C=O) groups excluding carboxylic acids is 1. The highest BCUT2D eigenvalue weighted by Crippen LogP contribution is 2.26. The van der Waals surface area contributed by atoms with Crippen LogP contribution in [0.2, 0.25) is 0 Å².